The summed E-state index contributed by atoms with van der Waals surface area (Å²) in [5.41, 5.74) is -0.246. The van der Waals surface area contributed by atoms with Crippen molar-refractivity contribution in [2.24, 2.45) is 11.3 Å². The third-order valence-electron chi connectivity index (χ3n) is 2.99. The Hall–Kier alpha value is -0.370. The van der Waals surface area contributed by atoms with Gasteiger partial charge in [0.2, 0.25) is 0 Å². The third kappa shape index (κ3) is 3.11. The first-order valence-corrected chi connectivity index (χ1v) is 5.15. The second-order valence-corrected chi connectivity index (χ2v) is 4.56. The van der Waals surface area contributed by atoms with Crippen LogP contribution in [-0.4, -0.2) is 20.0 Å². The summed E-state index contributed by atoms with van der Waals surface area (Å²) in [6.07, 6.45) is 7.35. The van der Waals surface area contributed by atoms with E-state index in [0.717, 1.165) is 18.6 Å². The lowest BCUT2D eigenvalue weighted by atomic mass is 9.82. The Morgan fingerprint density at radius 1 is 1.46 bits per heavy atom. The van der Waals surface area contributed by atoms with Crippen LogP contribution in [0.2, 0.25) is 0 Å². The number of hydrogen-bond donors (Lipinski definition) is 0. The highest BCUT2D eigenvalue weighted by Crippen LogP contribution is 2.34. The van der Waals surface area contributed by atoms with Crippen molar-refractivity contribution in [3.63, 3.8) is 0 Å². The Kier molecular flexibility index (Phi) is 3.91. The summed E-state index contributed by atoms with van der Waals surface area (Å²) in [6.45, 7) is 2.56. The zero-order chi connectivity index (χ0) is 9.73. The number of rotatable bonds is 5. The van der Waals surface area contributed by atoms with Gasteiger partial charge >= 0.3 is 0 Å². The van der Waals surface area contributed by atoms with Crippen LogP contribution in [0.5, 0.6) is 0 Å². The van der Waals surface area contributed by atoms with E-state index in [1.165, 1.54) is 25.7 Å². The largest absolute Gasteiger partial charge is 0.384 e. The van der Waals surface area contributed by atoms with Gasteiger partial charge in [-0.15, -0.1) is 0 Å². The molecule has 0 heterocycles. The van der Waals surface area contributed by atoms with Gasteiger partial charge in [-0.25, -0.2) is 0 Å². The van der Waals surface area contributed by atoms with Gasteiger partial charge in [0.1, 0.15) is 6.29 Å². The molecule has 0 N–H and O–H groups in total. The lowest BCUT2D eigenvalue weighted by Crippen LogP contribution is -2.26. The van der Waals surface area contributed by atoms with Crippen LogP contribution >= 0.6 is 0 Å². The molecular weight excluding hydrogens is 164 g/mol. The van der Waals surface area contributed by atoms with Gasteiger partial charge in [0.25, 0.3) is 0 Å². The molecule has 0 aromatic heterocycles. The molecule has 2 nitrogen and oxygen atoms in total. The summed E-state index contributed by atoms with van der Waals surface area (Å²) >= 11 is 0. The summed E-state index contributed by atoms with van der Waals surface area (Å²) in [5, 5.41) is 0. The van der Waals surface area contributed by atoms with Crippen LogP contribution < -0.4 is 0 Å². The second-order valence-electron chi connectivity index (χ2n) is 4.56. The van der Waals surface area contributed by atoms with Gasteiger partial charge < -0.3 is 9.53 Å². The van der Waals surface area contributed by atoms with Crippen LogP contribution in [0.4, 0.5) is 0 Å². The molecule has 13 heavy (non-hydrogen) atoms. The maximum Gasteiger partial charge on any atom is 0.128 e. The number of carbonyl (C=O) groups is 1. The highest BCUT2D eigenvalue weighted by molar-refractivity contribution is 5.58. The fourth-order valence-corrected chi connectivity index (χ4v) is 2.34. The maximum atomic E-state index is 10.9. The predicted molar refractivity (Wildman–Crippen MR) is 52.6 cm³/mol. The minimum atomic E-state index is -0.246. The summed E-state index contributed by atoms with van der Waals surface area (Å²) < 4.78 is 5.08. The third-order valence-corrected chi connectivity index (χ3v) is 2.99. The first kappa shape index (κ1) is 10.7. The van der Waals surface area contributed by atoms with E-state index in [1.807, 2.05) is 6.92 Å². The molecule has 0 bridgehead atoms. The van der Waals surface area contributed by atoms with Crippen LogP contribution in [0.15, 0.2) is 0 Å². The first-order chi connectivity index (χ1) is 6.20. The maximum absolute atomic E-state index is 10.9. The minimum Gasteiger partial charge on any atom is -0.384 e. The standard InChI is InChI=1S/C11H20O2/c1-11(8-12,9-13-2)7-10-5-3-4-6-10/h8,10H,3-7,9H2,1-2H3. The van der Waals surface area contributed by atoms with E-state index in [-0.39, 0.29) is 5.41 Å². The van der Waals surface area contributed by atoms with Crippen molar-refractivity contribution in [3.05, 3.63) is 0 Å². The predicted octanol–water partition coefficient (Wildman–Crippen LogP) is 2.42. The lowest BCUT2D eigenvalue weighted by molar-refractivity contribution is -0.119. The Balaban J connectivity index is 2.41. The van der Waals surface area contributed by atoms with Crippen LogP contribution in [-0.2, 0) is 9.53 Å². The molecule has 0 amide bonds. The molecule has 0 spiro atoms. The molecular formula is C11H20O2. The molecule has 0 aliphatic heterocycles. The van der Waals surface area contributed by atoms with Crippen LogP contribution in [0.1, 0.15) is 39.0 Å². The van der Waals surface area contributed by atoms with Crippen molar-refractivity contribution in [3.8, 4) is 0 Å². The van der Waals surface area contributed by atoms with Crippen LogP contribution in [0.25, 0.3) is 0 Å². The molecule has 76 valence electrons. The highest BCUT2D eigenvalue weighted by atomic mass is 16.5. The van der Waals surface area contributed by atoms with Gasteiger partial charge in [-0.3, -0.25) is 0 Å². The number of hydrogen-bond acceptors (Lipinski definition) is 2. The summed E-state index contributed by atoms with van der Waals surface area (Å²) in [6, 6.07) is 0. The quantitative estimate of drug-likeness (QED) is 0.613. The molecule has 2 heteroatoms. The van der Waals surface area contributed by atoms with E-state index in [0.29, 0.717) is 6.61 Å². The molecule has 1 rings (SSSR count). The van der Waals surface area contributed by atoms with Crippen LogP contribution in [0, 0.1) is 11.3 Å². The van der Waals surface area contributed by atoms with Gasteiger partial charge in [0.05, 0.1) is 6.61 Å². The zero-order valence-corrected chi connectivity index (χ0v) is 8.71. The monoisotopic (exact) mass is 184 g/mol. The molecule has 0 radical (unpaired) electrons. The average Bonchev–Trinajstić information content (AvgIpc) is 2.57. The second kappa shape index (κ2) is 4.75. The number of ether oxygens (including phenoxy) is 1. The van der Waals surface area contributed by atoms with Gasteiger partial charge in [0, 0.05) is 12.5 Å². The minimum absolute atomic E-state index is 0.246. The van der Waals surface area contributed by atoms with E-state index in [2.05, 4.69) is 0 Å². The van der Waals surface area contributed by atoms with E-state index in [9.17, 15) is 4.79 Å². The van der Waals surface area contributed by atoms with E-state index >= 15 is 0 Å². The van der Waals surface area contributed by atoms with Gasteiger partial charge in [-0.05, 0) is 12.3 Å². The van der Waals surface area contributed by atoms with E-state index in [4.69, 9.17) is 4.74 Å². The molecule has 0 saturated heterocycles. The molecule has 1 aliphatic carbocycles. The molecule has 1 saturated carbocycles. The van der Waals surface area contributed by atoms with Crippen molar-refractivity contribution in [2.45, 2.75) is 39.0 Å². The normalized spacial score (nSPS) is 22.9. The van der Waals surface area contributed by atoms with Crippen molar-refractivity contribution in [2.75, 3.05) is 13.7 Å². The molecule has 1 fully saturated rings. The summed E-state index contributed by atoms with van der Waals surface area (Å²) in [5.74, 6) is 0.755. The SMILES string of the molecule is COCC(C)(C=O)CC1CCCC1. The van der Waals surface area contributed by atoms with E-state index < -0.39 is 0 Å². The van der Waals surface area contributed by atoms with E-state index in [1.54, 1.807) is 7.11 Å². The Labute approximate surface area is 80.7 Å². The van der Waals surface area contributed by atoms with Crippen molar-refractivity contribution in [1.82, 2.24) is 0 Å². The van der Waals surface area contributed by atoms with Gasteiger partial charge in [-0.2, -0.15) is 0 Å². The molecule has 1 unspecified atom stereocenters. The zero-order valence-electron chi connectivity index (χ0n) is 8.71. The molecule has 0 aromatic carbocycles. The van der Waals surface area contributed by atoms with Gasteiger partial charge in [0.15, 0.2) is 0 Å². The first-order valence-electron chi connectivity index (χ1n) is 5.15. The number of aldehydes is 1. The summed E-state index contributed by atoms with van der Waals surface area (Å²) in [7, 11) is 1.66. The van der Waals surface area contributed by atoms with Crippen LogP contribution in [0.3, 0.4) is 0 Å². The van der Waals surface area contributed by atoms with Crippen molar-refractivity contribution >= 4 is 6.29 Å². The highest BCUT2D eigenvalue weighted by Gasteiger charge is 2.29. The molecule has 0 aromatic rings. The summed E-state index contributed by atoms with van der Waals surface area (Å²) in [4.78, 5) is 10.9. The lowest BCUT2D eigenvalue weighted by Gasteiger charge is -2.25. The Morgan fingerprint density at radius 2 is 2.08 bits per heavy atom. The molecule has 1 aliphatic rings. The number of carbonyl (C=O) groups excluding carboxylic acids is 1. The fourth-order valence-electron chi connectivity index (χ4n) is 2.34. The molecule has 1 atom stereocenters. The Bertz CT molecular complexity index is 161. The topological polar surface area (TPSA) is 26.3 Å². The average molecular weight is 184 g/mol. The fraction of sp³-hybridized carbons (Fsp3) is 0.909. The van der Waals surface area contributed by atoms with Crippen molar-refractivity contribution in [1.29, 1.82) is 0 Å². The number of methoxy groups -OCH3 is 1. The smallest absolute Gasteiger partial charge is 0.128 e. The van der Waals surface area contributed by atoms with Gasteiger partial charge in [-0.1, -0.05) is 32.6 Å². The van der Waals surface area contributed by atoms with Crippen molar-refractivity contribution < 1.29 is 9.53 Å². The Morgan fingerprint density at radius 3 is 2.54 bits per heavy atom.